The molecule has 2 bridgehead atoms. The highest BCUT2D eigenvalue weighted by Gasteiger charge is 2.73. The second-order valence-electron chi connectivity index (χ2n) is 7.34. The number of nitrogens with zero attached hydrogens (tertiary/aromatic N) is 1. The topological polar surface area (TPSA) is 54.5 Å². The van der Waals surface area contributed by atoms with Crippen LogP contribution in [0.3, 0.4) is 0 Å². The number of allylic oxidation sites excluding steroid dienone is 2. The van der Waals surface area contributed by atoms with Gasteiger partial charge < -0.3 is 0 Å². The lowest BCUT2D eigenvalue weighted by Gasteiger charge is -2.21. The van der Waals surface area contributed by atoms with Crippen LogP contribution in [0.5, 0.6) is 0 Å². The van der Waals surface area contributed by atoms with E-state index in [1.807, 2.05) is 0 Å². The molecule has 3 fully saturated rings. The summed E-state index contributed by atoms with van der Waals surface area (Å²) in [6.45, 7) is 1.50. The molecule has 1 saturated heterocycles. The Balaban J connectivity index is 1.52. The van der Waals surface area contributed by atoms with Crippen LogP contribution in [0, 0.1) is 29.1 Å². The number of benzene rings is 1. The Hall–Kier alpha value is -2.23. The van der Waals surface area contributed by atoms with Crippen molar-refractivity contribution >= 4 is 23.3 Å². The fourth-order valence-electron chi connectivity index (χ4n) is 5.18. The minimum absolute atomic E-state index is 0.0228. The quantitative estimate of drug-likeness (QED) is 0.479. The highest BCUT2D eigenvalue weighted by atomic mass is 16.2. The monoisotopic (exact) mass is 307 g/mol. The normalized spacial score (nSPS) is 35.3. The average molecular weight is 307 g/mol. The molecule has 1 heterocycles. The van der Waals surface area contributed by atoms with E-state index in [9.17, 15) is 14.4 Å². The van der Waals surface area contributed by atoms with Gasteiger partial charge in [-0.3, -0.25) is 19.3 Å². The van der Waals surface area contributed by atoms with Gasteiger partial charge in [0.25, 0.3) is 0 Å². The van der Waals surface area contributed by atoms with Crippen molar-refractivity contribution in [1.29, 1.82) is 0 Å². The maximum absolute atomic E-state index is 12.9. The molecule has 1 aliphatic heterocycles. The van der Waals surface area contributed by atoms with Crippen molar-refractivity contribution in [1.82, 2.24) is 0 Å². The summed E-state index contributed by atoms with van der Waals surface area (Å²) in [5, 5.41) is 0. The maximum Gasteiger partial charge on any atom is 0.238 e. The molecule has 1 spiro atoms. The number of rotatable bonds is 2. The third-order valence-corrected chi connectivity index (χ3v) is 6.38. The van der Waals surface area contributed by atoms with Gasteiger partial charge in [-0.15, -0.1) is 0 Å². The molecule has 0 radical (unpaired) electrons. The van der Waals surface area contributed by atoms with Crippen LogP contribution in [0.2, 0.25) is 0 Å². The molecule has 0 N–H and O–H groups in total. The lowest BCUT2D eigenvalue weighted by Crippen LogP contribution is -2.34. The zero-order valence-electron chi connectivity index (χ0n) is 12.9. The van der Waals surface area contributed by atoms with Crippen molar-refractivity contribution in [3.05, 3.63) is 42.0 Å². The molecule has 116 valence electrons. The van der Waals surface area contributed by atoms with Crippen molar-refractivity contribution in [2.75, 3.05) is 4.90 Å². The predicted octanol–water partition coefficient (Wildman–Crippen LogP) is 2.59. The molecule has 1 aromatic carbocycles. The van der Waals surface area contributed by atoms with E-state index in [1.54, 1.807) is 24.3 Å². The van der Waals surface area contributed by atoms with Crippen LogP contribution in [-0.4, -0.2) is 17.6 Å². The van der Waals surface area contributed by atoms with E-state index in [2.05, 4.69) is 12.2 Å². The summed E-state index contributed by atoms with van der Waals surface area (Å²) in [5.41, 5.74) is 1.40. The minimum atomic E-state index is -0.174. The molecule has 3 aliphatic carbocycles. The molecular formula is C19H17NO3. The van der Waals surface area contributed by atoms with Crippen molar-refractivity contribution in [2.45, 2.75) is 19.8 Å². The second-order valence-corrected chi connectivity index (χ2v) is 7.34. The number of Topliss-reactive ketones (excluding diaryl/α,β-unsaturated/α-hetero) is 1. The molecule has 4 atom stereocenters. The third-order valence-electron chi connectivity index (χ3n) is 6.38. The summed E-state index contributed by atoms with van der Waals surface area (Å²) >= 11 is 0. The van der Waals surface area contributed by atoms with E-state index in [4.69, 9.17) is 0 Å². The SMILES string of the molecule is CC(=O)c1ccc(N2C(=O)[C@@H]3[C@H](C2=O)[C@@H]2C=C[C@H]3C23CC3)cc1. The number of carbonyl (C=O) groups is 3. The molecule has 23 heavy (non-hydrogen) atoms. The third kappa shape index (κ3) is 1.44. The smallest absolute Gasteiger partial charge is 0.238 e. The first-order chi connectivity index (χ1) is 11.0. The van der Waals surface area contributed by atoms with Gasteiger partial charge in [0.1, 0.15) is 0 Å². The van der Waals surface area contributed by atoms with Crippen LogP contribution < -0.4 is 4.90 Å². The first-order valence-corrected chi connectivity index (χ1v) is 8.22. The second kappa shape index (κ2) is 3.99. The van der Waals surface area contributed by atoms with Crippen molar-refractivity contribution < 1.29 is 14.4 Å². The Morgan fingerprint density at radius 3 is 1.96 bits per heavy atom. The van der Waals surface area contributed by atoms with Gasteiger partial charge in [0.2, 0.25) is 11.8 Å². The van der Waals surface area contributed by atoms with Gasteiger partial charge in [0.05, 0.1) is 17.5 Å². The molecule has 4 heteroatoms. The summed E-state index contributed by atoms with van der Waals surface area (Å²) < 4.78 is 0. The van der Waals surface area contributed by atoms with Crippen LogP contribution >= 0.6 is 0 Å². The first kappa shape index (κ1) is 13.2. The first-order valence-electron chi connectivity index (χ1n) is 8.22. The lowest BCUT2D eigenvalue weighted by atomic mass is 9.85. The Kier molecular flexibility index (Phi) is 2.30. The Morgan fingerprint density at radius 2 is 1.52 bits per heavy atom. The number of hydrogen-bond donors (Lipinski definition) is 0. The maximum atomic E-state index is 12.9. The zero-order chi connectivity index (χ0) is 15.9. The van der Waals surface area contributed by atoms with Gasteiger partial charge in [-0.05, 0) is 61.3 Å². The Labute approximate surface area is 134 Å². The van der Waals surface area contributed by atoms with Gasteiger partial charge in [-0.2, -0.15) is 0 Å². The fraction of sp³-hybridized carbons (Fsp3) is 0.421. The van der Waals surface area contributed by atoms with Crippen LogP contribution in [0.4, 0.5) is 5.69 Å². The summed E-state index contributed by atoms with van der Waals surface area (Å²) in [4.78, 5) is 38.6. The van der Waals surface area contributed by atoms with Crippen LogP contribution in [0.25, 0.3) is 0 Å². The number of amides is 2. The van der Waals surface area contributed by atoms with Crippen LogP contribution in [0.1, 0.15) is 30.1 Å². The molecule has 2 amide bonds. The molecule has 1 aromatic rings. The number of anilines is 1. The average Bonchev–Trinajstić information content (AvgIpc) is 3.13. The summed E-state index contributed by atoms with van der Waals surface area (Å²) in [6, 6.07) is 6.77. The Bertz CT molecular complexity index is 753. The van der Waals surface area contributed by atoms with Gasteiger partial charge in [-0.1, -0.05) is 12.2 Å². The van der Waals surface area contributed by atoms with Crippen molar-refractivity contribution in [3.8, 4) is 0 Å². The van der Waals surface area contributed by atoms with Crippen molar-refractivity contribution in [3.63, 3.8) is 0 Å². The highest BCUT2D eigenvalue weighted by Crippen LogP contribution is 2.73. The molecule has 4 aliphatic rings. The molecule has 0 aromatic heterocycles. The van der Waals surface area contributed by atoms with E-state index in [0.717, 1.165) is 12.8 Å². The van der Waals surface area contributed by atoms with Gasteiger partial charge in [-0.25, -0.2) is 0 Å². The number of carbonyl (C=O) groups excluding carboxylic acids is 3. The number of hydrogen-bond acceptors (Lipinski definition) is 3. The summed E-state index contributed by atoms with van der Waals surface area (Å²) in [6.07, 6.45) is 6.64. The van der Waals surface area contributed by atoms with E-state index >= 15 is 0 Å². The zero-order valence-corrected chi connectivity index (χ0v) is 12.9. The molecule has 0 unspecified atom stereocenters. The Morgan fingerprint density at radius 1 is 1.00 bits per heavy atom. The summed E-state index contributed by atoms with van der Waals surface area (Å²) in [7, 11) is 0. The van der Waals surface area contributed by atoms with Crippen LogP contribution in [-0.2, 0) is 9.59 Å². The molecule has 5 rings (SSSR count). The van der Waals surface area contributed by atoms with Gasteiger partial charge in [0, 0.05) is 5.56 Å². The van der Waals surface area contributed by atoms with Gasteiger partial charge >= 0.3 is 0 Å². The number of fused-ring (bicyclic) bond motifs is 3. The summed E-state index contributed by atoms with van der Waals surface area (Å²) in [5.74, 6) is 0.00802. The lowest BCUT2D eigenvalue weighted by molar-refractivity contribution is -0.123. The fourth-order valence-corrected chi connectivity index (χ4v) is 5.18. The largest absolute Gasteiger partial charge is 0.295 e. The predicted molar refractivity (Wildman–Crippen MR) is 83.7 cm³/mol. The standard InChI is InChI=1S/C19H17NO3/c1-10(21)11-2-4-12(5-3-11)20-17(22)15-13-6-7-14(16(15)18(20)23)19(13)8-9-19/h2-7,13-16H,8-9H2,1H3/t13-,14+,15+,16-. The van der Waals surface area contributed by atoms with E-state index in [0.29, 0.717) is 11.3 Å². The van der Waals surface area contributed by atoms with E-state index in [1.165, 1.54) is 11.8 Å². The van der Waals surface area contributed by atoms with E-state index < -0.39 is 0 Å². The van der Waals surface area contributed by atoms with Crippen LogP contribution in [0.15, 0.2) is 36.4 Å². The van der Waals surface area contributed by atoms with Gasteiger partial charge in [0.15, 0.2) is 5.78 Å². The highest BCUT2D eigenvalue weighted by molar-refractivity contribution is 6.23. The molecule has 2 saturated carbocycles. The molecule has 4 nitrogen and oxygen atoms in total. The number of imide groups is 1. The number of ketones is 1. The van der Waals surface area contributed by atoms with Crippen molar-refractivity contribution in [2.24, 2.45) is 29.1 Å². The molecular weight excluding hydrogens is 290 g/mol. The minimum Gasteiger partial charge on any atom is -0.295 e. The van der Waals surface area contributed by atoms with E-state index in [-0.39, 0.29) is 46.7 Å².